The SMILES string of the molecule is Cn1cc(C2CC2C(=O)O)c(C(C)(C)C)n1. The fraction of sp³-hybridized carbons (Fsp3) is 0.667. The number of aromatic nitrogens is 2. The molecule has 2 atom stereocenters. The van der Waals surface area contributed by atoms with Gasteiger partial charge >= 0.3 is 5.97 Å². The molecular formula is C12H18N2O2. The standard InChI is InChI=1S/C12H18N2O2/c1-12(2,3)10-9(6-14(4)13-10)7-5-8(7)11(15)16/h6-8H,5H2,1-4H3,(H,15,16). The van der Waals surface area contributed by atoms with Gasteiger partial charge in [0.1, 0.15) is 0 Å². The first-order chi connectivity index (χ1) is 7.30. The number of aryl methyl sites for hydroxylation is 1. The zero-order valence-corrected chi connectivity index (χ0v) is 10.2. The van der Waals surface area contributed by atoms with Crippen LogP contribution in [0.4, 0.5) is 0 Å². The van der Waals surface area contributed by atoms with Crippen molar-refractivity contribution in [1.29, 1.82) is 0 Å². The number of carboxylic acids is 1. The van der Waals surface area contributed by atoms with Crippen LogP contribution in [-0.4, -0.2) is 20.9 Å². The molecule has 1 aliphatic rings. The Kier molecular flexibility index (Phi) is 2.33. The van der Waals surface area contributed by atoms with Gasteiger partial charge in [-0.1, -0.05) is 20.8 Å². The van der Waals surface area contributed by atoms with E-state index in [1.165, 1.54) is 0 Å². The molecule has 2 rings (SSSR count). The summed E-state index contributed by atoms with van der Waals surface area (Å²) in [6, 6.07) is 0. The fourth-order valence-corrected chi connectivity index (χ4v) is 2.17. The molecule has 1 aromatic rings. The van der Waals surface area contributed by atoms with Gasteiger partial charge < -0.3 is 5.11 Å². The van der Waals surface area contributed by atoms with Crippen molar-refractivity contribution in [3.05, 3.63) is 17.5 Å². The third kappa shape index (κ3) is 1.84. The molecule has 0 aliphatic heterocycles. The third-order valence-electron chi connectivity index (χ3n) is 3.07. The molecular weight excluding hydrogens is 204 g/mol. The van der Waals surface area contributed by atoms with Crippen molar-refractivity contribution in [2.45, 2.75) is 38.5 Å². The minimum absolute atomic E-state index is 0.0256. The molecule has 88 valence electrons. The number of nitrogens with zero attached hydrogens (tertiary/aromatic N) is 2. The van der Waals surface area contributed by atoms with Gasteiger partial charge in [-0.15, -0.1) is 0 Å². The van der Waals surface area contributed by atoms with Crippen molar-refractivity contribution in [3.8, 4) is 0 Å². The van der Waals surface area contributed by atoms with Crippen LogP contribution in [0.25, 0.3) is 0 Å². The van der Waals surface area contributed by atoms with Gasteiger partial charge in [-0.2, -0.15) is 5.10 Å². The maximum atomic E-state index is 10.9. The maximum absolute atomic E-state index is 10.9. The molecule has 1 fully saturated rings. The maximum Gasteiger partial charge on any atom is 0.307 e. The highest BCUT2D eigenvalue weighted by molar-refractivity contribution is 5.75. The Labute approximate surface area is 95.3 Å². The molecule has 1 N–H and O–H groups in total. The highest BCUT2D eigenvalue weighted by Gasteiger charge is 2.47. The molecule has 4 nitrogen and oxygen atoms in total. The summed E-state index contributed by atoms with van der Waals surface area (Å²) in [7, 11) is 1.89. The number of carbonyl (C=O) groups is 1. The first-order valence-electron chi connectivity index (χ1n) is 5.57. The van der Waals surface area contributed by atoms with Crippen LogP contribution in [0.5, 0.6) is 0 Å². The van der Waals surface area contributed by atoms with Gasteiger partial charge in [0.15, 0.2) is 0 Å². The summed E-state index contributed by atoms with van der Waals surface area (Å²) in [6.07, 6.45) is 2.72. The molecule has 1 saturated carbocycles. The van der Waals surface area contributed by atoms with Crippen LogP contribution in [0.2, 0.25) is 0 Å². The van der Waals surface area contributed by atoms with E-state index in [2.05, 4.69) is 25.9 Å². The lowest BCUT2D eigenvalue weighted by molar-refractivity contribution is -0.138. The number of hydrogen-bond acceptors (Lipinski definition) is 2. The van der Waals surface area contributed by atoms with Gasteiger partial charge in [-0.25, -0.2) is 0 Å². The molecule has 1 aliphatic carbocycles. The Hall–Kier alpha value is -1.32. The minimum Gasteiger partial charge on any atom is -0.481 e. The Morgan fingerprint density at radius 2 is 2.19 bits per heavy atom. The van der Waals surface area contributed by atoms with E-state index in [1.54, 1.807) is 4.68 Å². The van der Waals surface area contributed by atoms with Gasteiger partial charge in [0.25, 0.3) is 0 Å². The average molecular weight is 222 g/mol. The van der Waals surface area contributed by atoms with Crippen LogP contribution in [0.15, 0.2) is 6.20 Å². The van der Waals surface area contributed by atoms with Gasteiger partial charge in [-0.3, -0.25) is 9.48 Å². The molecule has 0 aromatic carbocycles. The zero-order chi connectivity index (χ0) is 12.1. The van der Waals surface area contributed by atoms with Crippen molar-refractivity contribution in [2.24, 2.45) is 13.0 Å². The number of aliphatic carboxylic acids is 1. The summed E-state index contributed by atoms with van der Waals surface area (Å²) in [5.74, 6) is -0.723. The van der Waals surface area contributed by atoms with Crippen LogP contribution in [0.3, 0.4) is 0 Å². The van der Waals surface area contributed by atoms with Gasteiger partial charge in [0, 0.05) is 24.6 Å². The summed E-state index contributed by atoms with van der Waals surface area (Å²) in [4.78, 5) is 10.9. The molecule has 4 heteroatoms. The monoisotopic (exact) mass is 222 g/mol. The summed E-state index contributed by atoms with van der Waals surface area (Å²) >= 11 is 0. The van der Waals surface area contributed by atoms with Crippen LogP contribution in [-0.2, 0) is 17.3 Å². The predicted molar refractivity (Wildman–Crippen MR) is 60.4 cm³/mol. The van der Waals surface area contributed by atoms with E-state index in [-0.39, 0.29) is 17.3 Å². The lowest BCUT2D eigenvalue weighted by Gasteiger charge is -2.17. The van der Waals surface area contributed by atoms with Crippen molar-refractivity contribution >= 4 is 5.97 Å². The lowest BCUT2D eigenvalue weighted by Crippen LogP contribution is -2.15. The molecule has 1 aromatic heterocycles. The fourth-order valence-electron chi connectivity index (χ4n) is 2.17. The first-order valence-corrected chi connectivity index (χ1v) is 5.57. The topological polar surface area (TPSA) is 55.1 Å². The van der Waals surface area contributed by atoms with E-state index >= 15 is 0 Å². The summed E-state index contributed by atoms with van der Waals surface area (Å²) in [5.41, 5.74) is 2.12. The van der Waals surface area contributed by atoms with E-state index in [0.29, 0.717) is 0 Å². The normalized spacial score (nSPS) is 24.5. The Balaban J connectivity index is 2.32. The van der Waals surface area contributed by atoms with E-state index in [0.717, 1.165) is 17.7 Å². The number of rotatable bonds is 2. The largest absolute Gasteiger partial charge is 0.481 e. The molecule has 16 heavy (non-hydrogen) atoms. The van der Waals surface area contributed by atoms with Crippen molar-refractivity contribution in [2.75, 3.05) is 0 Å². The molecule has 0 amide bonds. The molecule has 1 heterocycles. The molecule has 0 radical (unpaired) electrons. The van der Waals surface area contributed by atoms with Crippen molar-refractivity contribution in [1.82, 2.24) is 9.78 Å². The van der Waals surface area contributed by atoms with Gasteiger partial charge in [0.05, 0.1) is 11.6 Å². The third-order valence-corrected chi connectivity index (χ3v) is 3.07. The molecule has 0 saturated heterocycles. The van der Waals surface area contributed by atoms with Crippen molar-refractivity contribution in [3.63, 3.8) is 0 Å². The smallest absolute Gasteiger partial charge is 0.307 e. The number of carboxylic acid groups (broad SMARTS) is 1. The predicted octanol–water partition coefficient (Wildman–Crippen LogP) is 1.91. The van der Waals surface area contributed by atoms with Crippen LogP contribution >= 0.6 is 0 Å². The Morgan fingerprint density at radius 1 is 1.56 bits per heavy atom. The highest BCUT2D eigenvalue weighted by Crippen LogP contribution is 2.49. The van der Waals surface area contributed by atoms with Crippen molar-refractivity contribution < 1.29 is 9.90 Å². The van der Waals surface area contributed by atoms with Gasteiger partial charge in [0.2, 0.25) is 0 Å². The van der Waals surface area contributed by atoms with Gasteiger partial charge in [-0.05, 0) is 12.0 Å². The summed E-state index contributed by atoms with van der Waals surface area (Å²) in [6.45, 7) is 6.32. The van der Waals surface area contributed by atoms with Crippen LogP contribution in [0, 0.1) is 5.92 Å². The summed E-state index contributed by atoms with van der Waals surface area (Å²) in [5, 5.41) is 13.4. The van der Waals surface area contributed by atoms with Crippen LogP contribution < -0.4 is 0 Å². The summed E-state index contributed by atoms with van der Waals surface area (Å²) < 4.78 is 1.78. The first kappa shape index (κ1) is 11.2. The Bertz CT molecular complexity index is 429. The quantitative estimate of drug-likeness (QED) is 0.831. The van der Waals surface area contributed by atoms with E-state index in [4.69, 9.17) is 5.11 Å². The molecule has 2 unspecified atom stereocenters. The lowest BCUT2D eigenvalue weighted by atomic mass is 9.88. The molecule has 0 spiro atoms. The minimum atomic E-state index is -0.686. The second-order valence-corrected chi connectivity index (χ2v) is 5.64. The van der Waals surface area contributed by atoms with E-state index in [9.17, 15) is 4.79 Å². The second kappa shape index (κ2) is 3.34. The van der Waals surface area contributed by atoms with E-state index in [1.807, 2.05) is 13.2 Å². The zero-order valence-electron chi connectivity index (χ0n) is 10.2. The highest BCUT2D eigenvalue weighted by atomic mass is 16.4. The number of hydrogen-bond donors (Lipinski definition) is 1. The van der Waals surface area contributed by atoms with Crippen LogP contribution in [0.1, 0.15) is 44.4 Å². The van der Waals surface area contributed by atoms with E-state index < -0.39 is 5.97 Å². The second-order valence-electron chi connectivity index (χ2n) is 5.64. The average Bonchev–Trinajstić information content (AvgIpc) is 2.82. The molecule has 0 bridgehead atoms. The Morgan fingerprint density at radius 3 is 2.62 bits per heavy atom.